The van der Waals surface area contributed by atoms with Gasteiger partial charge in [-0.05, 0) is 43.3 Å². The molecule has 6 nitrogen and oxygen atoms in total. The van der Waals surface area contributed by atoms with Crippen LogP contribution in [0.25, 0.3) is 0 Å². The first-order valence-corrected chi connectivity index (χ1v) is 9.08. The quantitative estimate of drug-likeness (QED) is 0.880. The number of hydrogen-bond acceptors (Lipinski definition) is 4. The van der Waals surface area contributed by atoms with E-state index in [1.54, 1.807) is 34.1 Å². The van der Waals surface area contributed by atoms with Crippen molar-refractivity contribution in [3.8, 4) is 11.5 Å². The first-order valence-electron chi connectivity index (χ1n) is 9.08. The van der Waals surface area contributed by atoms with E-state index in [1.807, 2.05) is 31.2 Å². The number of benzene rings is 2. The SMILES string of the molecule is Cc1cccc(C(=O)N2CCN(C(=O)CCOc3ccc(O)cc3)CC2)c1. The summed E-state index contributed by atoms with van der Waals surface area (Å²) in [5.41, 5.74) is 1.75. The van der Waals surface area contributed by atoms with Gasteiger partial charge in [0.05, 0.1) is 13.0 Å². The van der Waals surface area contributed by atoms with Gasteiger partial charge in [-0.2, -0.15) is 0 Å². The predicted molar refractivity (Wildman–Crippen MR) is 102 cm³/mol. The summed E-state index contributed by atoms with van der Waals surface area (Å²) in [4.78, 5) is 28.5. The molecular formula is C21H24N2O4. The maximum Gasteiger partial charge on any atom is 0.253 e. The van der Waals surface area contributed by atoms with Gasteiger partial charge in [-0.15, -0.1) is 0 Å². The Morgan fingerprint density at radius 3 is 2.33 bits per heavy atom. The zero-order valence-corrected chi connectivity index (χ0v) is 15.4. The summed E-state index contributed by atoms with van der Waals surface area (Å²) < 4.78 is 5.53. The summed E-state index contributed by atoms with van der Waals surface area (Å²) in [7, 11) is 0. The Kier molecular flexibility index (Phi) is 5.96. The summed E-state index contributed by atoms with van der Waals surface area (Å²) in [5, 5.41) is 9.24. The van der Waals surface area contributed by atoms with Crippen molar-refractivity contribution in [3.05, 3.63) is 59.7 Å². The van der Waals surface area contributed by atoms with Crippen molar-refractivity contribution in [2.24, 2.45) is 0 Å². The first kappa shape index (κ1) is 18.8. The summed E-state index contributed by atoms with van der Waals surface area (Å²) in [6.45, 7) is 4.40. The highest BCUT2D eigenvalue weighted by Gasteiger charge is 2.24. The Labute approximate surface area is 159 Å². The van der Waals surface area contributed by atoms with Crippen LogP contribution in [0, 0.1) is 6.92 Å². The number of aryl methyl sites for hydroxylation is 1. The van der Waals surface area contributed by atoms with Gasteiger partial charge in [0, 0.05) is 31.7 Å². The molecule has 0 aliphatic carbocycles. The van der Waals surface area contributed by atoms with Crippen LogP contribution in [0.3, 0.4) is 0 Å². The van der Waals surface area contributed by atoms with Crippen molar-refractivity contribution in [1.29, 1.82) is 0 Å². The van der Waals surface area contributed by atoms with Crippen LogP contribution in [-0.4, -0.2) is 59.5 Å². The van der Waals surface area contributed by atoms with E-state index in [1.165, 1.54) is 0 Å². The minimum atomic E-state index is 0.0152. The Hall–Kier alpha value is -3.02. The number of carbonyl (C=O) groups is 2. The molecule has 1 N–H and O–H groups in total. The largest absolute Gasteiger partial charge is 0.508 e. The van der Waals surface area contributed by atoms with Gasteiger partial charge in [-0.3, -0.25) is 9.59 Å². The standard InChI is InChI=1S/C21H24N2O4/c1-16-3-2-4-17(15-16)21(26)23-12-10-22(11-13-23)20(25)9-14-27-19-7-5-18(24)6-8-19/h2-8,15,24H,9-14H2,1H3. The molecule has 0 atom stereocenters. The molecule has 0 spiro atoms. The second-order valence-electron chi connectivity index (χ2n) is 6.63. The molecule has 3 rings (SSSR count). The smallest absolute Gasteiger partial charge is 0.253 e. The molecule has 0 unspecified atom stereocenters. The van der Waals surface area contributed by atoms with Gasteiger partial charge in [0.25, 0.3) is 5.91 Å². The number of hydrogen-bond donors (Lipinski definition) is 1. The lowest BCUT2D eigenvalue weighted by Gasteiger charge is -2.35. The van der Waals surface area contributed by atoms with E-state index in [4.69, 9.17) is 4.74 Å². The molecule has 142 valence electrons. The van der Waals surface area contributed by atoms with Crippen molar-refractivity contribution in [3.63, 3.8) is 0 Å². The van der Waals surface area contributed by atoms with E-state index in [0.29, 0.717) is 37.5 Å². The van der Waals surface area contributed by atoms with Crippen LogP contribution >= 0.6 is 0 Å². The number of rotatable bonds is 5. The van der Waals surface area contributed by atoms with Gasteiger partial charge in [0.15, 0.2) is 0 Å². The fraction of sp³-hybridized carbons (Fsp3) is 0.333. The summed E-state index contributed by atoms with van der Waals surface area (Å²) in [6, 6.07) is 14.0. The van der Waals surface area contributed by atoms with Crippen LogP contribution in [-0.2, 0) is 4.79 Å². The van der Waals surface area contributed by atoms with E-state index >= 15 is 0 Å². The minimum Gasteiger partial charge on any atom is -0.508 e. The average molecular weight is 368 g/mol. The van der Waals surface area contributed by atoms with E-state index in [2.05, 4.69) is 0 Å². The van der Waals surface area contributed by atoms with Gasteiger partial charge in [-0.1, -0.05) is 17.7 Å². The Bertz CT molecular complexity index is 796. The zero-order chi connectivity index (χ0) is 19.2. The van der Waals surface area contributed by atoms with Gasteiger partial charge < -0.3 is 19.6 Å². The Morgan fingerprint density at radius 1 is 1.00 bits per heavy atom. The molecule has 2 amide bonds. The number of piperazine rings is 1. The number of ether oxygens (including phenoxy) is 1. The molecule has 0 aromatic heterocycles. The zero-order valence-electron chi connectivity index (χ0n) is 15.4. The van der Waals surface area contributed by atoms with Gasteiger partial charge >= 0.3 is 0 Å². The summed E-state index contributed by atoms with van der Waals surface area (Å²) >= 11 is 0. The monoisotopic (exact) mass is 368 g/mol. The second-order valence-corrected chi connectivity index (χ2v) is 6.63. The fourth-order valence-electron chi connectivity index (χ4n) is 3.08. The number of phenolic OH excluding ortho intramolecular Hbond substituents is 1. The molecule has 1 saturated heterocycles. The van der Waals surface area contributed by atoms with Crippen molar-refractivity contribution in [1.82, 2.24) is 9.80 Å². The van der Waals surface area contributed by atoms with Crippen LogP contribution in [0.2, 0.25) is 0 Å². The molecule has 2 aromatic carbocycles. The van der Waals surface area contributed by atoms with E-state index in [-0.39, 0.29) is 30.6 Å². The van der Waals surface area contributed by atoms with E-state index in [9.17, 15) is 14.7 Å². The van der Waals surface area contributed by atoms with Gasteiger partial charge in [0.2, 0.25) is 5.91 Å². The number of phenols is 1. The fourth-order valence-corrected chi connectivity index (χ4v) is 3.08. The minimum absolute atomic E-state index is 0.0152. The topological polar surface area (TPSA) is 70.1 Å². The lowest BCUT2D eigenvalue weighted by Crippen LogP contribution is -2.50. The molecule has 0 radical (unpaired) electrons. The third-order valence-corrected chi connectivity index (χ3v) is 4.61. The lowest BCUT2D eigenvalue weighted by molar-refractivity contribution is -0.133. The Morgan fingerprint density at radius 2 is 1.67 bits per heavy atom. The van der Waals surface area contributed by atoms with Crippen LogP contribution in [0.15, 0.2) is 48.5 Å². The van der Waals surface area contributed by atoms with Gasteiger partial charge in [-0.25, -0.2) is 0 Å². The highest BCUT2D eigenvalue weighted by molar-refractivity contribution is 5.94. The molecule has 1 aliphatic rings. The summed E-state index contributed by atoms with van der Waals surface area (Å²) in [6.07, 6.45) is 0.284. The van der Waals surface area contributed by atoms with Crippen molar-refractivity contribution >= 4 is 11.8 Å². The van der Waals surface area contributed by atoms with Crippen molar-refractivity contribution in [2.75, 3.05) is 32.8 Å². The number of nitrogens with zero attached hydrogens (tertiary/aromatic N) is 2. The molecular weight excluding hydrogens is 344 g/mol. The predicted octanol–water partition coefficient (Wildman–Crippen LogP) is 2.45. The molecule has 1 fully saturated rings. The molecule has 1 heterocycles. The average Bonchev–Trinajstić information content (AvgIpc) is 2.69. The highest BCUT2D eigenvalue weighted by atomic mass is 16.5. The normalized spacial score (nSPS) is 14.1. The number of carbonyl (C=O) groups excluding carboxylic acids is 2. The molecule has 2 aromatic rings. The third-order valence-electron chi connectivity index (χ3n) is 4.61. The number of aromatic hydroxyl groups is 1. The number of amides is 2. The lowest BCUT2D eigenvalue weighted by atomic mass is 10.1. The molecule has 0 bridgehead atoms. The van der Waals surface area contributed by atoms with E-state index in [0.717, 1.165) is 5.56 Å². The second kappa shape index (κ2) is 8.58. The van der Waals surface area contributed by atoms with Crippen molar-refractivity contribution in [2.45, 2.75) is 13.3 Å². The molecule has 1 aliphatic heterocycles. The molecule has 27 heavy (non-hydrogen) atoms. The third kappa shape index (κ3) is 5.00. The van der Waals surface area contributed by atoms with Crippen LogP contribution in [0.5, 0.6) is 11.5 Å². The maximum atomic E-state index is 12.6. The van der Waals surface area contributed by atoms with Crippen LogP contribution in [0.1, 0.15) is 22.3 Å². The molecule has 6 heteroatoms. The van der Waals surface area contributed by atoms with Crippen molar-refractivity contribution < 1.29 is 19.4 Å². The first-order chi connectivity index (χ1) is 13.0. The highest BCUT2D eigenvalue weighted by Crippen LogP contribution is 2.16. The van der Waals surface area contributed by atoms with Gasteiger partial charge in [0.1, 0.15) is 11.5 Å². The van der Waals surface area contributed by atoms with Crippen LogP contribution in [0.4, 0.5) is 0 Å². The maximum absolute atomic E-state index is 12.6. The molecule has 0 saturated carbocycles. The van der Waals surface area contributed by atoms with E-state index < -0.39 is 0 Å². The van der Waals surface area contributed by atoms with Crippen LogP contribution < -0.4 is 4.74 Å². The summed E-state index contributed by atoms with van der Waals surface area (Å²) in [5.74, 6) is 0.837. The Balaban J connectivity index is 1.43.